The molecule has 4 nitrogen and oxygen atoms in total. The topological polar surface area (TPSA) is 57.6 Å². The largest absolute Gasteiger partial charge is 0.393 e. The van der Waals surface area contributed by atoms with Crippen LogP contribution < -0.4 is 0 Å². The van der Waals surface area contributed by atoms with Gasteiger partial charge in [0.1, 0.15) is 9.84 Å². The van der Waals surface area contributed by atoms with Crippen LogP contribution >= 0.6 is 0 Å². The Hall–Kier alpha value is -0.130. The molecule has 0 spiro atoms. The zero-order valence-corrected chi connectivity index (χ0v) is 10.8. The zero-order valence-electron chi connectivity index (χ0n) is 9.94. The van der Waals surface area contributed by atoms with Crippen LogP contribution in [-0.2, 0) is 9.84 Å². The first kappa shape index (κ1) is 14.9. The fourth-order valence-corrected chi connectivity index (χ4v) is 1.90. The minimum absolute atomic E-state index is 0.222. The van der Waals surface area contributed by atoms with E-state index in [1.165, 1.54) is 6.26 Å². The highest BCUT2D eigenvalue weighted by Gasteiger charge is 2.05. The molecule has 0 aliphatic rings. The predicted octanol–water partition coefficient (Wildman–Crippen LogP) is 0.514. The second-order valence-corrected chi connectivity index (χ2v) is 6.54. The summed E-state index contributed by atoms with van der Waals surface area (Å²) in [5.74, 6) is 0.222. The van der Waals surface area contributed by atoms with Crippen molar-refractivity contribution >= 4 is 9.84 Å². The summed E-state index contributed by atoms with van der Waals surface area (Å²) < 4.78 is 21.8. The van der Waals surface area contributed by atoms with Crippen molar-refractivity contribution in [3.8, 4) is 0 Å². The number of nitrogens with zero attached hydrogens (tertiary/aromatic N) is 1. The summed E-state index contributed by atoms with van der Waals surface area (Å²) in [6, 6.07) is 0. The number of unbranched alkanes of at least 4 members (excludes halogenated alkanes) is 1. The maximum Gasteiger partial charge on any atom is 0.148 e. The Bertz CT molecular complexity index is 249. The van der Waals surface area contributed by atoms with Gasteiger partial charge in [-0.05, 0) is 39.8 Å². The lowest BCUT2D eigenvalue weighted by Crippen LogP contribution is -2.26. The van der Waals surface area contributed by atoms with Gasteiger partial charge in [-0.2, -0.15) is 0 Å². The first-order valence-corrected chi connectivity index (χ1v) is 7.41. The van der Waals surface area contributed by atoms with Crippen LogP contribution in [0.2, 0.25) is 0 Å². The summed E-state index contributed by atoms with van der Waals surface area (Å²) in [5, 5.41) is 9.03. The van der Waals surface area contributed by atoms with Crippen LogP contribution in [0.4, 0.5) is 0 Å². The van der Waals surface area contributed by atoms with Gasteiger partial charge in [0.05, 0.1) is 11.9 Å². The van der Waals surface area contributed by atoms with Crippen LogP contribution in [0.3, 0.4) is 0 Å². The molecule has 0 saturated heterocycles. The van der Waals surface area contributed by atoms with Crippen LogP contribution in [0.5, 0.6) is 0 Å². The average molecular weight is 237 g/mol. The Morgan fingerprint density at radius 2 is 1.87 bits per heavy atom. The van der Waals surface area contributed by atoms with Gasteiger partial charge >= 0.3 is 0 Å². The monoisotopic (exact) mass is 237 g/mol. The fourth-order valence-electron chi connectivity index (χ4n) is 1.25. The van der Waals surface area contributed by atoms with E-state index in [0.717, 1.165) is 25.8 Å². The van der Waals surface area contributed by atoms with E-state index in [0.29, 0.717) is 6.54 Å². The van der Waals surface area contributed by atoms with E-state index in [2.05, 4.69) is 0 Å². The second kappa shape index (κ2) is 7.19. The van der Waals surface area contributed by atoms with Gasteiger partial charge < -0.3 is 10.0 Å². The lowest BCUT2D eigenvalue weighted by molar-refractivity contribution is 0.178. The average Bonchev–Trinajstić information content (AvgIpc) is 2.07. The van der Waals surface area contributed by atoms with Gasteiger partial charge in [0.25, 0.3) is 0 Å². The highest BCUT2D eigenvalue weighted by Crippen LogP contribution is 2.01. The van der Waals surface area contributed by atoms with E-state index in [1.807, 2.05) is 11.9 Å². The molecule has 0 aromatic heterocycles. The number of hydrogen-bond donors (Lipinski definition) is 1. The van der Waals surface area contributed by atoms with Gasteiger partial charge in [0.15, 0.2) is 0 Å². The SMILES string of the molecule is CC(O)CCCCN(C)CCS(C)(=O)=O. The van der Waals surface area contributed by atoms with Crippen molar-refractivity contribution in [1.29, 1.82) is 0 Å². The summed E-state index contributed by atoms with van der Waals surface area (Å²) in [5.41, 5.74) is 0. The molecule has 0 fully saturated rings. The highest BCUT2D eigenvalue weighted by atomic mass is 32.2. The van der Waals surface area contributed by atoms with Crippen molar-refractivity contribution in [2.75, 3.05) is 32.1 Å². The molecule has 0 aromatic rings. The minimum Gasteiger partial charge on any atom is -0.393 e. The third-order valence-corrected chi connectivity index (χ3v) is 3.18. The number of hydrogen-bond acceptors (Lipinski definition) is 4. The first-order chi connectivity index (χ1) is 6.81. The Kier molecular flexibility index (Phi) is 7.13. The molecule has 0 aliphatic carbocycles. The third-order valence-electron chi connectivity index (χ3n) is 2.26. The van der Waals surface area contributed by atoms with E-state index in [9.17, 15) is 8.42 Å². The van der Waals surface area contributed by atoms with Crippen molar-refractivity contribution in [1.82, 2.24) is 4.90 Å². The molecular weight excluding hydrogens is 214 g/mol. The van der Waals surface area contributed by atoms with E-state index >= 15 is 0 Å². The van der Waals surface area contributed by atoms with Crippen molar-refractivity contribution in [3.05, 3.63) is 0 Å². The third kappa shape index (κ3) is 11.8. The van der Waals surface area contributed by atoms with E-state index in [1.54, 1.807) is 6.92 Å². The van der Waals surface area contributed by atoms with Gasteiger partial charge in [0, 0.05) is 12.8 Å². The van der Waals surface area contributed by atoms with Gasteiger partial charge in [-0.15, -0.1) is 0 Å². The molecule has 0 aromatic carbocycles. The van der Waals surface area contributed by atoms with Crippen molar-refractivity contribution < 1.29 is 13.5 Å². The molecule has 0 saturated carbocycles. The quantitative estimate of drug-likeness (QED) is 0.625. The highest BCUT2D eigenvalue weighted by molar-refractivity contribution is 7.90. The van der Waals surface area contributed by atoms with Crippen molar-refractivity contribution in [2.24, 2.45) is 0 Å². The normalized spacial score (nSPS) is 14.5. The number of aliphatic hydroxyl groups is 1. The summed E-state index contributed by atoms with van der Waals surface area (Å²) in [6.45, 7) is 3.27. The Labute approximate surface area is 93.2 Å². The molecule has 0 aliphatic heterocycles. The predicted molar refractivity (Wildman–Crippen MR) is 62.7 cm³/mol. The lowest BCUT2D eigenvalue weighted by atomic mass is 10.2. The molecule has 1 unspecified atom stereocenters. The summed E-state index contributed by atoms with van der Waals surface area (Å²) in [7, 11) is -0.921. The zero-order chi connectivity index (χ0) is 11.9. The molecule has 0 amide bonds. The Morgan fingerprint density at radius 3 is 2.33 bits per heavy atom. The Balaban J connectivity index is 3.46. The van der Waals surface area contributed by atoms with E-state index in [-0.39, 0.29) is 11.9 Å². The molecule has 0 radical (unpaired) electrons. The van der Waals surface area contributed by atoms with Crippen LogP contribution in [0.25, 0.3) is 0 Å². The summed E-state index contributed by atoms with van der Waals surface area (Å²) in [6.07, 6.45) is 3.84. The minimum atomic E-state index is -2.84. The fraction of sp³-hybridized carbons (Fsp3) is 1.00. The smallest absolute Gasteiger partial charge is 0.148 e. The van der Waals surface area contributed by atoms with Crippen LogP contribution in [-0.4, -0.2) is 56.7 Å². The molecule has 0 heterocycles. The summed E-state index contributed by atoms with van der Waals surface area (Å²) >= 11 is 0. The summed E-state index contributed by atoms with van der Waals surface area (Å²) in [4.78, 5) is 2.02. The van der Waals surface area contributed by atoms with E-state index < -0.39 is 9.84 Å². The van der Waals surface area contributed by atoms with E-state index in [4.69, 9.17) is 5.11 Å². The van der Waals surface area contributed by atoms with Crippen LogP contribution in [0.1, 0.15) is 26.2 Å². The number of aliphatic hydroxyl groups excluding tert-OH is 1. The molecule has 92 valence electrons. The maximum absolute atomic E-state index is 10.9. The maximum atomic E-state index is 10.9. The standard InChI is InChI=1S/C10H23NO3S/c1-10(12)6-4-5-7-11(2)8-9-15(3,13)14/h10,12H,4-9H2,1-3H3. The molecule has 0 bridgehead atoms. The van der Waals surface area contributed by atoms with Gasteiger partial charge in [-0.25, -0.2) is 8.42 Å². The second-order valence-electron chi connectivity index (χ2n) is 4.28. The molecule has 0 rings (SSSR count). The van der Waals surface area contributed by atoms with Gasteiger partial charge in [-0.1, -0.05) is 0 Å². The Morgan fingerprint density at radius 1 is 1.27 bits per heavy atom. The molecule has 5 heteroatoms. The molecule has 1 N–H and O–H groups in total. The molecule has 15 heavy (non-hydrogen) atoms. The molecular formula is C10H23NO3S. The van der Waals surface area contributed by atoms with Crippen LogP contribution in [0, 0.1) is 0 Å². The lowest BCUT2D eigenvalue weighted by Gasteiger charge is -2.15. The van der Waals surface area contributed by atoms with Crippen LogP contribution in [0.15, 0.2) is 0 Å². The number of rotatable bonds is 8. The number of sulfone groups is 1. The molecule has 1 atom stereocenters. The van der Waals surface area contributed by atoms with Gasteiger partial charge in [0.2, 0.25) is 0 Å². The van der Waals surface area contributed by atoms with Crippen molar-refractivity contribution in [3.63, 3.8) is 0 Å². The first-order valence-electron chi connectivity index (χ1n) is 5.35. The van der Waals surface area contributed by atoms with Crippen molar-refractivity contribution in [2.45, 2.75) is 32.3 Å². The van der Waals surface area contributed by atoms with Gasteiger partial charge in [-0.3, -0.25) is 0 Å².